The Morgan fingerprint density at radius 2 is 2.00 bits per heavy atom. The van der Waals surface area contributed by atoms with E-state index in [0.717, 1.165) is 24.9 Å². The Balaban J connectivity index is 1.72. The largest absolute Gasteiger partial charge is 0.303 e. The Morgan fingerprint density at radius 1 is 1.28 bits per heavy atom. The summed E-state index contributed by atoms with van der Waals surface area (Å²) in [5.74, 6) is 0.820. The standard InChI is InChI=1S/C15H27N3/c1-12-5-3-4-6-15(12)18(2)10-9-14(11-16)17-13-7-8-13/h12-15,17H,3-10H2,1-2H3. The molecule has 0 bridgehead atoms. The molecule has 2 aliphatic rings. The number of hydrogen-bond donors (Lipinski definition) is 1. The number of nitrogens with one attached hydrogen (secondary N) is 1. The summed E-state index contributed by atoms with van der Waals surface area (Å²) in [7, 11) is 2.23. The van der Waals surface area contributed by atoms with Crippen molar-refractivity contribution in [1.29, 1.82) is 5.26 Å². The fourth-order valence-electron chi connectivity index (χ4n) is 3.17. The van der Waals surface area contributed by atoms with Gasteiger partial charge in [0.05, 0.1) is 12.1 Å². The quantitative estimate of drug-likeness (QED) is 0.786. The molecule has 18 heavy (non-hydrogen) atoms. The normalized spacial score (nSPS) is 30.1. The van der Waals surface area contributed by atoms with Crippen LogP contribution in [0.2, 0.25) is 0 Å². The van der Waals surface area contributed by atoms with Crippen molar-refractivity contribution in [1.82, 2.24) is 10.2 Å². The molecule has 3 nitrogen and oxygen atoms in total. The van der Waals surface area contributed by atoms with Crippen molar-refractivity contribution >= 4 is 0 Å². The van der Waals surface area contributed by atoms with Crippen LogP contribution < -0.4 is 5.32 Å². The second kappa shape index (κ2) is 6.54. The number of nitrogens with zero attached hydrogens (tertiary/aromatic N) is 2. The van der Waals surface area contributed by atoms with Crippen molar-refractivity contribution in [3.8, 4) is 6.07 Å². The molecule has 0 aromatic rings. The van der Waals surface area contributed by atoms with Gasteiger partial charge in [-0.05, 0) is 45.1 Å². The van der Waals surface area contributed by atoms with Crippen molar-refractivity contribution in [2.75, 3.05) is 13.6 Å². The molecule has 2 fully saturated rings. The van der Waals surface area contributed by atoms with Gasteiger partial charge in [-0.3, -0.25) is 5.32 Å². The van der Waals surface area contributed by atoms with Crippen LogP contribution >= 0.6 is 0 Å². The van der Waals surface area contributed by atoms with Crippen LogP contribution in [0.5, 0.6) is 0 Å². The van der Waals surface area contributed by atoms with E-state index >= 15 is 0 Å². The third-order valence-electron chi connectivity index (χ3n) is 4.57. The predicted octanol–water partition coefficient (Wildman–Crippen LogP) is 2.53. The van der Waals surface area contributed by atoms with Crippen LogP contribution in [0.1, 0.15) is 51.9 Å². The van der Waals surface area contributed by atoms with E-state index in [0.29, 0.717) is 6.04 Å². The second-order valence-corrected chi connectivity index (χ2v) is 6.22. The minimum absolute atomic E-state index is 0.0545. The number of nitriles is 1. The van der Waals surface area contributed by atoms with E-state index in [9.17, 15) is 0 Å². The summed E-state index contributed by atoms with van der Waals surface area (Å²) < 4.78 is 0. The van der Waals surface area contributed by atoms with E-state index < -0.39 is 0 Å². The molecule has 0 saturated heterocycles. The fourth-order valence-corrected chi connectivity index (χ4v) is 3.17. The first-order valence-electron chi connectivity index (χ1n) is 7.56. The van der Waals surface area contributed by atoms with Crippen LogP contribution in [0, 0.1) is 17.2 Å². The predicted molar refractivity (Wildman–Crippen MR) is 74.2 cm³/mol. The molecule has 2 rings (SSSR count). The maximum atomic E-state index is 9.15. The third-order valence-corrected chi connectivity index (χ3v) is 4.57. The Hall–Kier alpha value is -0.590. The highest BCUT2D eigenvalue weighted by atomic mass is 15.1. The van der Waals surface area contributed by atoms with Gasteiger partial charge in [0.15, 0.2) is 0 Å². The van der Waals surface area contributed by atoms with E-state index in [1.165, 1.54) is 38.5 Å². The minimum atomic E-state index is 0.0545. The van der Waals surface area contributed by atoms with Crippen molar-refractivity contribution in [2.24, 2.45) is 5.92 Å². The zero-order valence-corrected chi connectivity index (χ0v) is 11.9. The van der Waals surface area contributed by atoms with E-state index in [1.807, 2.05) is 0 Å². The van der Waals surface area contributed by atoms with Crippen molar-refractivity contribution in [3.63, 3.8) is 0 Å². The zero-order chi connectivity index (χ0) is 13.0. The average molecular weight is 249 g/mol. The van der Waals surface area contributed by atoms with Crippen LogP contribution in [-0.2, 0) is 0 Å². The molecule has 3 heteroatoms. The van der Waals surface area contributed by atoms with Crippen molar-refractivity contribution in [3.05, 3.63) is 0 Å². The van der Waals surface area contributed by atoms with E-state index in [4.69, 9.17) is 5.26 Å². The van der Waals surface area contributed by atoms with Crippen molar-refractivity contribution < 1.29 is 0 Å². The Labute approximate surface area is 112 Å². The van der Waals surface area contributed by atoms with Gasteiger partial charge < -0.3 is 4.90 Å². The molecule has 0 spiro atoms. The Bertz CT molecular complexity index is 293. The Morgan fingerprint density at radius 3 is 2.61 bits per heavy atom. The third kappa shape index (κ3) is 3.96. The summed E-state index contributed by atoms with van der Waals surface area (Å²) >= 11 is 0. The highest BCUT2D eigenvalue weighted by molar-refractivity contribution is 4.96. The molecule has 3 unspecified atom stereocenters. The topological polar surface area (TPSA) is 39.1 Å². The lowest BCUT2D eigenvalue weighted by Crippen LogP contribution is -2.41. The molecular formula is C15H27N3. The van der Waals surface area contributed by atoms with Gasteiger partial charge in [0.2, 0.25) is 0 Å². The lowest BCUT2D eigenvalue weighted by atomic mass is 9.85. The van der Waals surface area contributed by atoms with Gasteiger partial charge >= 0.3 is 0 Å². The van der Waals surface area contributed by atoms with Crippen molar-refractivity contribution in [2.45, 2.75) is 70.0 Å². The molecule has 1 N–H and O–H groups in total. The molecule has 0 aromatic heterocycles. The van der Waals surface area contributed by atoms with E-state index in [2.05, 4.69) is 30.3 Å². The first-order chi connectivity index (χ1) is 8.70. The van der Waals surface area contributed by atoms with Crippen LogP contribution in [0.4, 0.5) is 0 Å². The van der Waals surface area contributed by atoms with Gasteiger partial charge in [-0.25, -0.2) is 0 Å². The van der Waals surface area contributed by atoms with Gasteiger partial charge in [0, 0.05) is 18.6 Å². The Kier molecular flexibility index (Phi) is 5.03. The number of rotatable bonds is 6. The summed E-state index contributed by atoms with van der Waals surface area (Å²) in [4.78, 5) is 2.49. The molecule has 3 atom stereocenters. The highest BCUT2D eigenvalue weighted by Gasteiger charge is 2.27. The zero-order valence-electron chi connectivity index (χ0n) is 11.9. The van der Waals surface area contributed by atoms with Gasteiger partial charge in [-0.1, -0.05) is 19.8 Å². The van der Waals surface area contributed by atoms with Gasteiger partial charge in [0.1, 0.15) is 0 Å². The second-order valence-electron chi connectivity index (χ2n) is 6.22. The van der Waals surface area contributed by atoms with Gasteiger partial charge in [0.25, 0.3) is 0 Å². The molecule has 2 saturated carbocycles. The molecule has 2 aliphatic carbocycles. The lowest BCUT2D eigenvalue weighted by Gasteiger charge is -2.36. The fraction of sp³-hybridized carbons (Fsp3) is 0.933. The smallest absolute Gasteiger partial charge is 0.0967 e. The number of hydrogen-bond acceptors (Lipinski definition) is 3. The molecule has 0 amide bonds. The first kappa shape index (κ1) is 13.8. The summed E-state index contributed by atoms with van der Waals surface area (Å²) in [6.45, 7) is 3.43. The van der Waals surface area contributed by atoms with Gasteiger partial charge in [-0.15, -0.1) is 0 Å². The van der Waals surface area contributed by atoms with Gasteiger partial charge in [-0.2, -0.15) is 5.26 Å². The average Bonchev–Trinajstić information content (AvgIpc) is 3.18. The maximum Gasteiger partial charge on any atom is 0.0967 e. The summed E-state index contributed by atoms with van der Waals surface area (Å²) in [6, 6.07) is 3.83. The lowest BCUT2D eigenvalue weighted by molar-refractivity contribution is 0.136. The molecular weight excluding hydrogens is 222 g/mol. The summed E-state index contributed by atoms with van der Waals surface area (Å²) in [5, 5.41) is 12.6. The summed E-state index contributed by atoms with van der Waals surface area (Å²) in [6.07, 6.45) is 8.97. The molecule has 102 valence electrons. The van der Waals surface area contributed by atoms with Crippen LogP contribution in [0.15, 0.2) is 0 Å². The molecule has 0 aliphatic heterocycles. The first-order valence-corrected chi connectivity index (χ1v) is 7.56. The van der Waals surface area contributed by atoms with E-state index in [1.54, 1.807) is 0 Å². The summed E-state index contributed by atoms with van der Waals surface area (Å²) in [5.41, 5.74) is 0. The van der Waals surface area contributed by atoms with E-state index in [-0.39, 0.29) is 6.04 Å². The minimum Gasteiger partial charge on any atom is -0.303 e. The van der Waals surface area contributed by atoms with Crippen LogP contribution in [0.3, 0.4) is 0 Å². The van der Waals surface area contributed by atoms with Crippen LogP contribution in [0.25, 0.3) is 0 Å². The monoisotopic (exact) mass is 249 g/mol. The maximum absolute atomic E-state index is 9.15. The SMILES string of the molecule is CC1CCCCC1N(C)CCC(C#N)NC1CC1. The molecule has 0 radical (unpaired) electrons. The van der Waals surface area contributed by atoms with Crippen LogP contribution in [-0.4, -0.2) is 36.6 Å². The molecule has 0 aromatic carbocycles. The molecule has 0 heterocycles. The highest BCUT2D eigenvalue weighted by Crippen LogP contribution is 2.27.